The van der Waals surface area contributed by atoms with Crippen LogP contribution in [0.25, 0.3) is 0 Å². The van der Waals surface area contributed by atoms with E-state index in [-0.39, 0.29) is 5.91 Å². The van der Waals surface area contributed by atoms with Gasteiger partial charge in [0, 0.05) is 11.3 Å². The van der Waals surface area contributed by atoms with Crippen LogP contribution in [0.3, 0.4) is 0 Å². The molecule has 0 spiro atoms. The number of nitrogens with one attached hydrogen (secondary N) is 1. The molecule has 0 saturated heterocycles. The molecule has 0 aliphatic carbocycles. The summed E-state index contributed by atoms with van der Waals surface area (Å²) in [7, 11) is 3.15. The zero-order valence-corrected chi connectivity index (χ0v) is 17.0. The minimum atomic E-state index is -0.281. The quantitative estimate of drug-likeness (QED) is 0.494. The first-order valence-electron chi connectivity index (χ1n) is 9.15. The molecule has 150 valence electrons. The highest BCUT2D eigenvalue weighted by Crippen LogP contribution is 2.26. The second kappa shape index (κ2) is 9.05. The van der Waals surface area contributed by atoms with Crippen molar-refractivity contribution in [2.45, 2.75) is 20.4 Å². The normalized spacial score (nSPS) is 10.9. The van der Waals surface area contributed by atoms with Crippen LogP contribution in [-0.4, -0.2) is 36.1 Å². The van der Waals surface area contributed by atoms with Crippen molar-refractivity contribution in [2.24, 2.45) is 5.10 Å². The highest BCUT2D eigenvalue weighted by Gasteiger charge is 2.08. The Morgan fingerprint density at radius 2 is 1.90 bits per heavy atom. The van der Waals surface area contributed by atoms with Crippen molar-refractivity contribution in [3.8, 4) is 11.5 Å². The Balaban J connectivity index is 1.66. The Kier molecular flexibility index (Phi) is 6.29. The van der Waals surface area contributed by atoms with E-state index in [1.165, 1.54) is 0 Å². The number of amides is 1. The molecule has 0 unspecified atom stereocenters. The van der Waals surface area contributed by atoms with Crippen LogP contribution in [0.2, 0.25) is 0 Å². The van der Waals surface area contributed by atoms with Crippen molar-refractivity contribution in [3.05, 3.63) is 76.6 Å². The van der Waals surface area contributed by atoms with Gasteiger partial charge in [0.2, 0.25) is 0 Å². The summed E-state index contributed by atoms with van der Waals surface area (Å²) in [6.45, 7) is 4.58. The summed E-state index contributed by atoms with van der Waals surface area (Å²) in [4.78, 5) is 12.4. The highest BCUT2D eigenvalue weighted by molar-refractivity contribution is 5.95. The summed E-state index contributed by atoms with van der Waals surface area (Å²) in [6.07, 6.45) is 1.56. The molecule has 7 nitrogen and oxygen atoms in total. The summed E-state index contributed by atoms with van der Waals surface area (Å²) in [5.74, 6) is 0.949. The Hall–Kier alpha value is -3.61. The van der Waals surface area contributed by atoms with Gasteiger partial charge in [-0.05, 0) is 61.4 Å². The van der Waals surface area contributed by atoms with E-state index in [9.17, 15) is 4.79 Å². The molecule has 29 heavy (non-hydrogen) atoms. The molecule has 1 N–H and O–H groups in total. The van der Waals surface area contributed by atoms with Gasteiger partial charge in [0.05, 0.1) is 32.7 Å². The third kappa shape index (κ3) is 5.01. The number of benzene rings is 2. The molecule has 0 fully saturated rings. The average Bonchev–Trinajstić information content (AvgIpc) is 3.04. The lowest BCUT2D eigenvalue weighted by Crippen LogP contribution is -2.18. The number of hydrazone groups is 1. The van der Waals surface area contributed by atoms with Crippen molar-refractivity contribution >= 4 is 12.1 Å². The van der Waals surface area contributed by atoms with Gasteiger partial charge in [0.15, 0.2) is 11.5 Å². The fourth-order valence-corrected chi connectivity index (χ4v) is 2.98. The molecule has 0 aliphatic rings. The van der Waals surface area contributed by atoms with E-state index in [4.69, 9.17) is 9.47 Å². The number of carbonyl (C=O) groups is 1. The van der Waals surface area contributed by atoms with Gasteiger partial charge in [0.25, 0.3) is 5.91 Å². The molecule has 3 aromatic rings. The van der Waals surface area contributed by atoms with Crippen LogP contribution in [0.1, 0.15) is 32.9 Å². The lowest BCUT2D eigenvalue weighted by Gasteiger charge is -2.08. The standard InChI is InChI=1S/C22H24N4O3/c1-15-10-16(2)26(25-15)14-18-6-5-7-19(11-18)22(27)24-23-13-17-8-9-20(28-3)21(12-17)29-4/h5-13H,14H2,1-4H3,(H,24,27). The van der Waals surface area contributed by atoms with Crippen LogP contribution in [0.15, 0.2) is 53.6 Å². The lowest BCUT2D eigenvalue weighted by molar-refractivity contribution is 0.0955. The Morgan fingerprint density at radius 3 is 2.59 bits per heavy atom. The second-order valence-corrected chi connectivity index (χ2v) is 6.60. The molecule has 1 heterocycles. The average molecular weight is 392 g/mol. The minimum absolute atomic E-state index is 0.281. The molecule has 1 aromatic heterocycles. The summed E-state index contributed by atoms with van der Waals surface area (Å²) < 4.78 is 12.4. The lowest BCUT2D eigenvalue weighted by atomic mass is 10.1. The van der Waals surface area contributed by atoms with Crippen LogP contribution in [0.4, 0.5) is 0 Å². The van der Waals surface area contributed by atoms with E-state index < -0.39 is 0 Å². The van der Waals surface area contributed by atoms with Crippen LogP contribution >= 0.6 is 0 Å². The number of carbonyl (C=O) groups excluding carboxylic acids is 1. The summed E-state index contributed by atoms with van der Waals surface area (Å²) in [5.41, 5.74) is 6.92. The van der Waals surface area contributed by atoms with E-state index in [0.717, 1.165) is 22.5 Å². The number of aryl methyl sites for hydroxylation is 2. The van der Waals surface area contributed by atoms with Crippen LogP contribution in [0.5, 0.6) is 11.5 Å². The number of hydrogen-bond donors (Lipinski definition) is 1. The maximum Gasteiger partial charge on any atom is 0.271 e. The number of nitrogens with zero attached hydrogens (tertiary/aromatic N) is 3. The molecule has 7 heteroatoms. The number of aromatic nitrogens is 2. The fraction of sp³-hybridized carbons (Fsp3) is 0.227. The number of rotatable bonds is 7. The number of hydrogen-bond acceptors (Lipinski definition) is 5. The van der Waals surface area contributed by atoms with Crippen LogP contribution in [-0.2, 0) is 6.54 Å². The van der Waals surface area contributed by atoms with Crippen LogP contribution in [0, 0.1) is 13.8 Å². The molecule has 0 aliphatic heterocycles. The Morgan fingerprint density at radius 1 is 1.10 bits per heavy atom. The molecule has 1 amide bonds. The zero-order valence-electron chi connectivity index (χ0n) is 17.0. The summed E-state index contributed by atoms with van der Waals surface area (Å²) >= 11 is 0. The van der Waals surface area contributed by atoms with Gasteiger partial charge in [-0.15, -0.1) is 0 Å². The predicted molar refractivity (Wildman–Crippen MR) is 112 cm³/mol. The van der Waals surface area contributed by atoms with E-state index in [1.54, 1.807) is 38.6 Å². The van der Waals surface area contributed by atoms with E-state index >= 15 is 0 Å². The van der Waals surface area contributed by atoms with Gasteiger partial charge in [-0.1, -0.05) is 12.1 Å². The van der Waals surface area contributed by atoms with E-state index in [2.05, 4.69) is 15.6 Å². The minimum Gasteiger partial charge on any atom is -0.493 e. The maximum atomic E-state index is 12.4. The van der Waals surface area contributed by atoms with Crippen molar-refractivity contribution in [1.29, 1.82) is 0 Å². The van der Waals surface area contributed by atoms with E-state index in [0.29, 0.717) is 23.6 Å². The SMILES string of the molecule is COc1ccc(C=NNC(=O)c2cccc(Cn3nc(C)cc3C)c2)cc1OC. The molecule has 3 rings (SSSR count). The van der Waals surface area contributed by atoms with Gasteiger partial charge in [-0.25, -0.2) is 5.43 Å². The first kappa shape index (κ1) is 20.1. The first-order chi connectivity index (χ1) is 14.0. The fourth-order valence-electron chi connectivity index (χ4n) is 2.98. The zero-order chi connectivity index (χ0) is 20.8. The first-order valence-corrected chi connectivity index (χ1v) is 9.15. The molecular formula is C22H24N4O3. The molecule has 0 bridgehead atoms. The smallest absolute Gasteiger partial charge is 0.271 e. The molecule has 2 aromatic carbocycles. The molecular weight excluding hydrogens is 368 g/mol. The maximum absolute atomic E-state index is 12.4. The van der Waals surface area contributed by atoms with Crippen molar-refractivity contribution in [1.82, 2.24) is 15.2 Å². The van der Waals surface area contributed by atoms with Gasteiger partial charge in [0.1, 0.15) is 0 Å². The topological polar surface area (TPSA) is 77.7 Å². The number of ether oxygens (including phenoxy) is 2. The number of methoxy groups -OCH3 is 2. The third-order valence-electron chi connectivity index (χ3n) is 4.41. The van der Waals surface area contributed by atoms with Crippen molar-refractivity contribution in [2.75, 3.05) is 14.2 Å². The summed E-state index contributed by atoms with van der Waals surface area (Å²) in [6, 6.07) is 14.8. The predicted octanol–water partition coefficient (Wildman–Crippen LogP) is 3.33. The third-order valence-corrected chi connectivity index (χ3v) is 4.41. The van der Waals surface area contributed by atoms with Crippen molar-refractivity contribution in [3.63, 3.8) is 0 Å². The van der Waals surface area contributed by atoms with Crippen molar-refractivity contribution < 1.29 is 14.3 Å². The largest absolute Gasteiger partial charge is 0.493 e. The second-order valence-electron chi connectivity index (χ2n) is 6.60. The van der Waals surface area contributed by atoms with E-state index in [1.807, 2.05) is 48.9 Å². The monoisotopic (exact) mass is 392 g/mol. The van der Waals surface area contributed by atoms with Gasteiger partial charge >= 0.3 is 0 Å². The summed E-state index contributed by atoms with van der Waals surface area (Å²) in [5, 5.41) is 8.50. The highest BCUT2D eigenvalue weighted by atomic mass is 16.5. The van der Waals surface area contributed by atoms with Gasteiger partial charge in [-0.2, -0.15) is 10.2 Å². The van der Waals surface area contributed by atoms with Gasteiger partial charge in [-0.3, -0.25) is 9.48 Å². The molecule has 0 saturated carbocycles. The Bertz CT molecular complexity index is 1040. The van der Waals surface area contributed by atoms with Gasteiger partial charge < -0.3 is 9.47 Å². The van der Waals surface area contributed by atoms with Crippen LogP contribution < -0.4 is 14.9 Å². The molecule has 0 radical (unpaired) electrons. The molecule has 0 atom stereocenters. The Labute approximate surface area is 170 Å².